The van der Waals surface area contributed by atoms with E-state index in [1.54, 1.807) is 42.5 Å². The Hall–Kier alpha value is -2.62. The summed E-state index contributed by atoms with van der Waals surface area (Å²) in [5.41, 5.74) is 1.43. The summed E-state index contributed by atoms with van der Waals surface area (Å²) in [6.45, 7) is 1.33. The molecule has 0 saturated carbocycles. The van der Waals surface area contributed by atoms with E-state index in [4.69, 9.17) is 21.1 Å². The highest BCUT2D eigenvalue weighted by Crippen LogP contribution is 2.22. The minimum Gasteiger partial charge on any atom is -0.467 e. The molecule has 2 rings (SSSR count). The Morgan fingerprint density at radius 2 is 1.81 bits per heavy atom. The predicted molar refractivity (Wildman–Crippen MR) is 122 cm³/mol. The van der Waals surface area contributed by atoms with Crippen molar-refractivity contribution >= 4 is 45.5 Å². The summed E-state index contributed by atoms with van der Waals surface area (Å²) >= 11 is 9.40. The molecule has 0 aliphatic rings. The number of rotatable bonds is 9. The van der Waals surface area contributed by atoms with E-state index in [1.807, 2.05) is 6.07 Å². The number of carbonyl (C=O) groups excluding carboxylic acids is 3. The van der Waals surface area contributed by atoms with Crippen LogP contribution in [0.1, 0.15) is 18.1 Å². The van der Waals surface area contributed by atoms with Gasteiger partial charge in [0.1, 0.15) is 18.7 Å². The van der Waals surface area contributed by atoms with Gasteiger partial charge in [-0.3, -0.25) is 4.79 Å². The van der Waals surface area contributed by atoms with Crippen LogP contribution in [-0.4, -0.2) is 48.4 Å². The van der Waals surface area contributed by atoms with Gasteiger partial charge in [0.2, 0.25) is 5.91 Å². The Morgan fingerprint density at radius 3 is 2.44 bits per heavy atom. The van der Waals surface area contributed by atoms with Crippen LogP contribution in [-0.2, 0) is 32.1 Å². The maximum atomic E-state index is 12.8. The van der Waals surface area contributed by atoms with Crippen LogP contribution in [0, 0.1) is 0 Å². The molecule has 10 heteroatoms. The predicted octanol–water partition coefficient (Wildman–Crippen LogP) is 2.98. The van der Waals surface area contributed by atoms with Crippen molar-refractivity contribution in [2.45, 2.75) is 38.1 Å². The first-order chi connectivity index (χ1) is 15.2. The molecule has 0 aromatic heterocycles. The number of carbonyl (C=O) groups is 3. The van der Waals surface area contributed by atoms with Crippen molar-refractivity contribution in [3.05, 3.63) is 69.2 Å². The summed E-state index contributed by atoms with van der Waals surface area (Å²) < 4.78 is 10.6. The number of hydrogen-bond donors (Lipinski definition) is 3. The number of hydrogen-bond acceptors (Lipinski definition) is 6. The van der Waals surface area contributed by atoms with E-state index >= 15 is 0 Å². The fourth-order valence-corrected chi connectivity index (χ4v) is 3.42. The molecule has 2 amide bonds. The van der Waals surface area contributed by atoms with Gasteiger partial charge in [-0.15, -0.1) is 0 Å². The number of methoxy groups -OCH3 is 1. The minimum atomic E-state index is -1.35. The quantitative estimate of drug-likeness (QED) is 0.432. The molecule has 0 saturated heterocycles. The largest absolute Gasteiger partial charge is 0.467 e. The third-order valence-electron chi connectivity index (χ3n) is 4.48. The molecule has 0 radical (unpaired) electrons. The van der Waals surface area contributed by atoms with Crippen molar-refractivity contribution in [1.29, 1.82) is 0 Å². The van der Waals surface area contributed by atoms with Crippen molar-refractivity contribution < 1.29 is 29.0 Å². The number of alkyl carbamates (subject to hydrolysis) is 1. The minimum absolute atomic E-state index is 0.00555. The van der Waals surface area contributed by atoms with Gasteiger partial charge in [0.15, 0.2) is 0 Å². The number of aliphatic hydroxyl groups is 1. The smallest absolute Gasteiger partial charge is 0.408 e. The summed E-state index contributed by atoms with van der Waals surface area (Å²) in [6.07, 6.45) is -2.07. The number of halogens is 2. The number of benzene rings is 2. The SMILES string of the molecule is COC(=O)[C@@H](Cc1cc(Cl)ccc1Br)NC(=O)[C@@H](NC(=O)OCc1ccccc1)[C@@H](C)O. The molecule has 0 spiro atoms. The van der Waals surface area contributed by atoms with Crippen LogP contribution in [0.25, 0.3) is 0 Å². The second-order valence-corrected chi connectivity index (χ2v) is 8.24. The molecule has 0 aliphatic heterocycles. The highest BCUT2D eigenvalue weighted by atomic mass is 79.9. The average Bonchev–Trinajstić information content (AvgIpc) is 2.77. The van der Waals surface area contributed by atoms with Crippen LogP contribution >= 0.6 is 27.5 Å². The van der Waals surface area contributed by atoms with E-state index in [9.17, 15) is 19.5 Å². The monoisotopic (exact) mass is 526 g/mol. The lowest BCUT2D eigenvalue weighted by Crippen LogP contribution is -2.56. The van der Waals surface area contributed by atoms with Gasteiger partial charge >= 0.3 is 12.1 Å². The van der Waals surface area contributed by atoms with E-state index in [0.29, 0.717) is 15.1 Å². The first-order valence-electron chi connectivity index (χ1n) is 9.68. The Kier molecular flexibility index (Phi) is 9.96. The normalized spacial score (nSPS) is 13.4. The zero-order chi connectivity index (χ0) is 23.7. The zero-order valence-electron chi connectivity index (χ0n) is 17.5. The van der Waals surface area contributed by atoms with Crippen molar-refractivity contribution in [3.8, 4) is 0 Å². The number of amides is 2. The number of nitrogens with one attached hydrogen (secondary N) is 2. The molecule has 172 valence electrons. The average molecular weight is 528 g/mol. The molecule has 0 aliphatic carbocycles. The molecule has 32 heavy (non-hydrogen) atoms. The van der Waals surface area contributed by atoms with Gasteiger partial charge in [-0.1, -0.05) is 57.9 Å². The summed E-state index contributed by atoms with van der Waals surface area (Å²) in [4.78, 5) is 37.2. The van der Waals surface area contributed by atoms with Gasteiger partial charge in [0.05, 0.1) is 13.2 Å². The molecule has 0 unspecified atom stereocenters. The maximum Gasteiger partial charge on any atom is 0.408 e. The standard InChI is InChI=1S/C22H24BrClN2O6/c1-13(27)19(26-22(30)32-12-14-6-4-3-5-7-14)20(28)25-18(21(29)31-2)11-15-10-16(24)8-9-17(15)23/h3-10,13,18-19,27H,11-12H2,1-2H3,(H,25,28)(H,26,30)/t13-,18-,19+/m1/s1. The lowest BCUT2D eigenvalue weighted by molar-refractivity contribution is -0.145. The van der Waals surface area contributed by atoms with Crippen molar-refractivity contribution in [2.75, 3.05) is 7.11 Å². The molecule has 2 aromatic rings. The van der Waals surface area contributed by atoms with Crippen LogP contribution in [0.3, 0.4) is 0 Å². The number of ether oxygens (including phenoxy) is 2. The Labute approximate surface area is 199 Å². The third kappa shape index (κ3) is 7.81. The first-order valence-corrected chi connectivity index (χ1v) is 10.9. The Bertz CT molecular complexity index is 941. The number of aliphatic hydroxyl groups excluding tert-OH is 1. The Morgan fingerprint density at radius 1 is 1.12 bits per heavy atom. The van der Waals surface area contributed by atoms with E-state index in [2.05, 4.69) is 26.6 Å². The molecule has 8 nitrogen and oxygen atoms in total. The van der Waals surface area contributed by atoms with Gasteiger partial charge < -0.3 is 25.2 Å². The topological polar surface area (TPSA) is 114 Å². The van der Waals surface area contributed by atoms with Crippen LogP contribution in [0.4, 0.5) is 4.79 Å². The highest BCUT2D eigenvalue weighted by molar-refractivity contribution is 9.10. The van der Waals surface area contributed by atoms with E-state index < -0.39 is 36.2 Å². The highest BCUT2D eigenvalue weighted by Gasteiger charge is 2.31. The lowest BCUT2D eigenvalue weighted by atomic mass is 10.0. The van der Waals surface area contributed by atoms with Crippen LogP contribution in [0.2, 0.25) is 5.02 Å². The molecular formula is C22H24BrClN2O6. The summed E-state index contributed by atoms with van der Waals surface area (Å²) in [5.74, 6) is -1.47. The number of esters is 1. The molecule has 0 bridgehead atoms. The molecule has 3 atom stereocenters. The second-order valence-electron chi connectivity index (χ2n) is 6.95. The summed E-state index contributed by atoms with van der Waals surface area (Å²) in [6, 6.07) is 11.6. The first kappa shape index (κ1) is 25.6. The lowest BCUT2D eigenvalue weighted by Gasteiger charge is -2.24. The Balaban J connectivity index is 2.06. The molecule has 3 N–H and O–H groups in total. The van der Waals surface area contributed by atoms with Gasteiger partial charge in [-0.05, 0) is 36.2 Å². The van der Waals surface area contributed by atoms with Gasteiger partial charge in [0, 0.05) is 15.9 Å². The van der Waals surface area contributed by atoms with Crippen molar-refractivity contribution in [2.24, 2.45) is 0 Å². The van der Waals surface area contributed by atoms with E-state index in [1.165, 1.54) is 14.0 Å². The fourth-order valence-electron chi connectivity index (χ4n) is 2.81. The summed E-state index contributed by atoms with van der Waals surface area (Å²) in [5, 5.41) is 15.3. The zero-order valence-corrected chi connectivity index (χ0v) is 19.9. The fraction of sp³-hybridized carbons (Fsp3) is 0.318. The van der Waals surface area contributed by atoms with Crippen molar-refractivity contribution in [1.82, 2.24) is 10.6 Å². The van der Waals surface area contributed by atoms with Crippen LogP contribution in [0.5, 0.6) is 0 Å². The van der Waals surface area contributed by atoms with Gasteiger partial charge in [0.25, 0.3) is 0 Å². The molecular weight excluding hydrogens is 504 g/mol. The van der Waals surface area contributed by atoms with Gasteiger partial charge in [-0.25, -0.2) is 9.59 Å². The second kappa shape index (κ2) is 12.4. The third-order valence-corrected chi connectivity index (χ3v) is 5.49. The molecule has 0 fully saturated rings. The van der Waals surface area contributed by atoms with E-state index in [0.717, 1.165) is 5.56 Å². The van der Waals surface area contributed by atoms with Crippen LogP contribution < -0.4 is 10.6 Å². The molecule has 2 aromatic carbocycles. The van der Waals surface area contributed by atoms with Crippen LogP contribution in [0.15, 0.2) is 53.0 Å². The summed E-state index contributed by atoms with van der Waals surface area (Å²) in [7, 11) is 1.19. The molecule has 0 heterocycles. The van der Waals surface area contributed by atoms with E-state index in [-0.39, 0.29) is 13.0 Å². The van der Waals surface area contributed by atoms with Crippen molar-refractivity contribution in [3.63, 3.8) is 0 Å². The maximum absolute atomic E-state index is 12.8. The van der Waals surface area contributed by atoms with Gasteiger partial charge in [-0.2, -0.15) is 0 Å².